The summed E-state index contributed by atoms with van der Waals surface area (Å²) in [5.41, 5.74) is 0.658. The first kappa shape index (κ1) is 22.8. The Morgan fingerprint density at radius 3 is 2.31 bits per heavy atom. The smallest absolute Gasteiger partial charge is 0.329 e. The largest absolute Gasteiger partial charge is 0.503 e. The zero-order valence-corrected chi connectivity index (χ0v) is 18.2. The van der Waals surface area contributed by atoms with E-state index in [4.69, 9.17) is 9.47 Å². The molecule has 1 heterocycles. The quantitative estimate of drug-likeness (QED) is 0.526. The summed E-state index contributed by atoms with van der Waals surface area (Å²) in [6, 6.07) is 19.6. The topological polar surface area (TPSA) is 97.8 Å². The van der Waals surface area contributed by atoms with Gasteiger partial charge in [0, 0.05) is 18.7 Å². The Labute approximate surface area is 187 Å². The van der Waals surface area contributed by atoms with E-state index in [1.807, 2.05) is 67.6 Å². The van der Waals surface area contributed by atoms with Gasteiger partial charge in [0.1, 0.15) is 11.6 Å². The van der Waals surface area contributed by atoms with Gasteiger partial charge in [-0.2, -0.15) is 0 Å². The predicted octanol–water partition coefficient (Wildman–Crippen LogP) is 3.62. The molecule has 1 unspecified atom stereocenters. The number of carbonyl (C=O) groups excluding carboxylic acids is 2. The van der Waals surface area contributed by atoms with Crippen LogP contribution in [0.2, 0.25) is 0 Å². The Kier molecular flexibility index (Phi) is 7.10. The highest BCUT2D eigenvalue weighted by molar-refractivity contribution is 5.97. The second-order valence-corrected chi connectivity index (χ2v) is 7.59. The van der Waals surface area contributed by atoms with Crippen LogP contribution in [0.3, 0.4) is 0 Å². The van der Waals surface area contributed by atoms with Crippen molar-refractivity contribution in [3.63, 3.8) is 0 Å². The first-order valence-electron chi connectivity index (χ1n) is 10.2. The minimum absolute atomic E-state index is 0.111. The average molecular weight is 434 g/mol. The molecular formula is C25H26N2O5. The van der Waals surface area contributed by atoms with Gasteiger partial charge >= 0.3 is 5.97 Å². The van der Waals surface area contributed by atoms with Crippen LogP contribution in [0, 0.1) is 0 Å². The van der Waals surface area contributed by atoms with Crippen LogP contribution in [0.4, 0.5) is 0 Å². The first-order chi connectivity index (χ1) is 15.3. The van der Waals surface area contributed by atoms with E-state index in [1.165, 1.54) is 26.3 Å². The summed E-state index contributed by atoms with van der Waals surface area (Å²) in [6.07, 6.45) is 1.80. The van der Waals surface area contributed by atoms with Gasteiger partial charge in [0.15, 0.2) is 17.2 Å². The molecule has 7 nitrogen and oxygen atoms in total. The van der Waals surface area contributed by atoms with Crippen LogP contribution in [0.5, 0.6) is 11.5 Å². The van der Waals surface area contributed by atoms with Gasteiger partial charge in [-0.3, -0.25) is 4.79 Å². The number of hydrogen-bond acceptors (Lipinski definition) is 6. The van der Waals surface area contributed by atoms with Crippen molar-refractivity contribution in [1.82, 2.24) is 10.3 Å². The summed E-state index contributed by atoms with van der Waals surface area (Å²) in [5, 5.41) is 12.7. The Balaban J connectivity index is 1.78. The number of ether oxygens (including phenoxy) is 2. The summed E-state index contributed by atoms with van der Waals surface area (Å²) < 4.78 is 10.9. The molecular weight excluding hydrogens is 408 g/mol. The number of nitrogens with zero attached hydrogens (tertiary/aromatic N) is 1. The monoisotopic (exact) mass is 434 g/mol. The molecule has 3 aromatic rings. The number of aromatic hydroxyl groups is 1. The van der Waals surface area contributed by atoms with E-state index in [1.54, 1.807) is 0 Å². The fourth-order valence-electron chi connectivity index (χ4n) is 3.37. The summed E-state index contributed by atoms with van der Waals surface area (Å²) in [7, 11) is 1.37. The highest BCUT2D eigenvalue weighted by Crippen LogP contribution is 2.31. The second kappa shape index (κ2) is 9.96. The maximum atomic E-state index is 13.0. The van der Waals surface area contributed by atoms with Crippen molar-refractivity contribution in [3.8, 4) is 11.5 Å². The molecule has 0 spiro atoms. The summed E-state index contributed by atoms with van der Waals surface area (Å²) in [6.45, 7) is 3.36. The highest BCUT2D eigenvalue weighted by Gasteiger charge is 2.34. The summed E-state index contributed by atoms with van der Waals surface area (Å²) in [4.78, 5) is 29.4. The molecule has 166 valence electrons. The zero-order chi connectivity index (χ0) is 23.1. The highest BCUT2D eigenvalue weighted by atomic mass is 16.6. The van der Waals surface area contributed by atoms with Gasteiger partial charge < -0.3 is 19.9 Å². The number of pyridine rings is 1. The number of esters is 1. The van der Waals surface area contributed by atoms with Crippen molar-refractivity contribution in [1.29, 1.82) is 0 Å². The molecule has 1 amide bonds. The van der Waals surface area contributed by atoms with Gasteiger partial charge in [-0.05, 0) is 25.0 Å². The second-order valence-electron chi connectivity index (χ2n) is 7.59. The number of carbonyl (C=O) groups is 2. The molecule has 2 atom stereocenters. The van der Waals surface area contributed by atoms with E-state index in [-0.39, 0.29) is 11.4 Å². The molecule has 1 aromatic heterocycles. The van der Waals surface area contributed by atoms with Gasteiger partial charge in [0.25, 0.3) is 5.91 Å². The zero-order valence-electron chi connectivity index (χ0n) is 18.2. The number of hydrogen-bond donors (Lipinski definition) is 2. The maximum absolute atomic E-state index is 13.0. The van der Waals surface area contributed by atoms with Crippen molar-refractivity contribution < 1.29 is 24.2 Å². The third-order valence-corrected chi connectivity index (χ3v) is 5.12. The van der Waals surface area contributed by atoms with Crippen molar-refractivity contribution in [3.05, 3.63) is 89.7 Å². The fourth-order valence-corrected chi connectivity index (χ4v) is 3.37. The third kappa shape index (κ3) is 5.24. The van der Waals surface area contributed by atoms with E-state index in [0.717, 1.165) is 11.1 Å². The Hall–Kier alpha value is -3.87. The average Bonchev–Trinajstić information content (AvgIpc) is 2.80. The standard InChI is InChI=1S/C25H26N2O5/c1-17(27-23(29)21-22(28)20(31-3)14-15-26-21)24(30)32-25(2,19-12-8-5-9-13-19)16-18-10-6-4-7-11-18/h4-15,17,28H,16H2,1-3H3,(H,27,29)/t17?,25-/m0/s1. The van der Waals surface area contributed by atoms with E-state index < -0.39 is 29.3 Å². The van der Waals surface area contributed by atoms with E-state index >= 15 is 0 Å². The maximum Gasteiger partial charge on any atom is 0.329 e. The van der Waals surface area contributed by atoms with Gasteiger partial charge in [-0.1, -0.05) is 60.7 Å². The Morgan fingerprint density at radius 1 is 1.06 bits per heavy atom. The molecule has 3 rings (SSSR count). The Morgan fingerprint density at radius 2 is 1.69 bits per heavy atom. The summed E-state index contributed by atoms with van der Waals surface area (Å²) >= 11 is 0. The molecule has 0 saturated heterocycles. The molecule has 32 heavy (non-hydrogen) atoms. The number of aromatic nitrogens is 1. The molecule has 0 aliphatic heterocycles. The Bertz CT molecular complexity index is 1070. The minimum Gasteiger partial charge on any atom is -0.503 e. The van der Waals surface area contributed by atoms with Crippen LogP contribution < -0.4 is 10.1 Å². The van der Waals surface area contributed by atoms with E-state index in [0.29, 0.717) is 6.42 Å². The van der Waals surface area contributed by atoms with Crippen molar-refractivity contribution in [2.24, 2.45) is 0 Å². The molecule has 0 fully saturated rings. The first-order valence-corrected chi connectivity index (χ1v) is 10.2. The van der Waals surface area contributed by atoms with Gasteiger partial charge in [-0.15, -0.1) is 0 Å². The number of benzene rings is 2. The number of rotatable bonds is 8. The van der Waals surface area contributed by atoms with Crippen molar-refractivity contribution in [2.45, 2.75) is 31.9 Å². The van der Waals surface area contributed by atoms with Crippen LogP contribution >= 0.6 is 0 Å². The lowest BCUT2D eigenvalue weighted by Crippen LogP contribution is -2.43. The summed E-state index contributed by atoms with van der Waals surface area (Å²) in [5.74, 6) is -1.61. The van der Waals surface area contributed by atoms with Gasteiger partial charge in [0.05, 0.1) is 7.11 Å². The molecule has 2 aromatic carbocycles. The molecule has 2 N–H and O–H groups in total. The molecule has 0 bridgehead atoms. The number of nitrogens with one attached hydrogen (secondary N) is 1. The molecule has 0 saturated carbocycles. The van der Waals surface area contributed by atoms with E-state index in [9.17, 15) is 14.7 Å². The third-order valence-electron chi connectivity index (χ3n) is 5.12. The van der Waals surface area contributed by atoms with Gasteiger partial charge in [0.2, 0.25) is 0 Å². The molecule has 0 radical (unpaired) electrons. The molecule has 0 aliphatic rings. The SMILES string of the molecule is COc1ccnc(C(=O)NC(C)C(=O)O[C@@](C)(Cc2ccccc2)c2ccccc2)c1O. The lowest BCUT2D eigenvalue weighted by molar-refractivity contribution is -0.161. The van der Waals surface area contributed by atoms with Crippen LogP contribution in [0.15, 0.2) is 72.9 Å². The van der Waals surface area contributed by atoms with Crippen LogP contribution in [0.25, 0.3) is 0 Å². The van der Waals surface area contributed by atoms with Crippen molar-refractivity contribution >= 4 is 11.9 Å². The van der Waals surface area contributed by atoms with E-state index in [2.05, 4.69) is 10.3 Å². The minimum atomic E-state index is -0.978. The molecule has 0 aliphatic carbocycles. The predicted molar refractivity (Wildman–Crippen MR) is 119 cm³/mol. The lowest BCUT2D eigenvalue weighted by atomic mass is 9.88. The lowest BCUT2D eigenvalue weighted by Gasteiger charge is -2.31. The van der Waals surface area contributed by atoms with Crippen LogP contribution in [0.1, 0.15) is 35.5 Å². The normalized spacial score (nSPS) is 13.5. The molecule has 7 heteroatoms. The fraction of sp³-hybridized carbons (Fsp3) is 0.240. The van der Waals surface area contributed by atoms with Crippen LogP contribution in [-0.2, 0) is 21.6 Å². The van der Waals surface area contributed by atoms with Crippen LogP contribution in [-0.4, -0.2) is 35.1 Å². The number of methoxy groups -OCH3 is 1. The number of amides is 1. The van der Waals surface area contributed by atoms with Crippen molar-refractivity contribution in [2.75, 3.05) is 7.11 Å². The van der Waals surface area contributed by atoms with Gasteiger partial charge in [-0.25, -0.2) is 9.78 Å².